The van der Waals surface area contributed by atoms with Crippen LogP contribution in [0, 0.1) is 0 Å². The predicted molar refractivity (Wildman–Crippen MR) is 49.1 cm³/mol. The molecule has 0 saturated heterocycles. The Kier molecular flexibility index (Phi) is 4.79. The Morgan fingerprint density at radius 3 is 2.50 bits per heavy atom. The molecule has 0 aromatic carbocycles. The van der Waals surface area contributed by atoms with Crippen molar-refractivity contribution in [3.8, 4) is 0 Å². The molecule has 0 heterocycles. The van der Waals surface area contributed by atoms with E-state index < -0.39 is 5.79 Å². The Morgan fingerprint density at radius 1 is 1.70 bits per heavy atom. The fraction of sp³-hybridized carbons (Fsp3) is 0.800. The summed E-state index contributed by atoms with van der Waals surface area (Å²) < 4.78 is 9.64. The van der Waals surface area contributed by atoms with Crippen LogP contribution in [0.2, 0.25) is 0 Å². The molecule has 0 amide bonds. The maximum Gasteiger partial charge on any atom is 0.319 e. The minimum atomic E-state index is -0.828. The molecular formula is C5H8BrIO3. The number of hydrogen-bond donors (Lipinski definition) is 0. The SMILES string of the molecule is CC(C)(OI)OC(=O)CBr. The quantitative estimate of drug-likeness (QED) is 0.345. The normalized spacial score (nSPS) is 11.2. The van der Waals surface area contributed by atoms with E-state index in [0.29, 0.717) is 0 Å². The second-order valence-electron chi connectivity index (χ2n) is 2.08. The average molecular weight is 323 g/mol. The highest BCUT2D eigenvalue weighted by molar-refractivity contribution is 14.1. The van der Waals surface area contributed by atoms with Crippen molar-refractivity contribution in [2.24, 2.45) is 0 Å². The first-order chi connectivity index (χ1) is 4.52. The van der Waals surface area contributed by atoms with Crippen LogP contribution < -0.4 is 0 Å². The second-order valence-corrected chi connectivity index (χ2v) is 3.09. The maximum atomic E-state index is 10.6. The molecule has 5 heteroatoms. The van der Waals surface area contributed by atoms with Gasteiger partial charge in [-0.1, -0.05) is 15.9 Å². The lowest BCUT2D eigenvalue weighted by Crippen LogP contribution is -2.28. The van der Waals surface area contributed by atoms with Gasteiger partial charge in [0.25, 0.3) is 0 Å². The van der Waals surface area contributed by atoms with E-state index in [0.717, 1.165) is 0 Å². The first kappa shape index (κ1) is 10.6. The number of rotatable bonds is 3. The molecule has 0 aromatic rings. The molecule has 0 fully saturated rings. The van der Waals surface area contributed by atoms with Gasteiger partial charge in [0.15, 0.2) is 0 Å². The van der Waals surface area contributed by atoms with Crippen LogP contribution in [-0.4, -0.2) is 17.1 Å². The summed E-state index contributed by atoms with van der Waals surface area (Å²) in [6.07, 6.45) is 0. The van der Waals surface area contributed by atoms with Gasteiger partial charge in [0, 0.05) is 13.8 Å². The van der Waals surface area contributed by atoms with Crippen LogP contribution in [0.15, 0.2) is 0 Å². The molecule has 0 spiro atoms. The third-order valence-corrected chi connectivity index (χ3v) is 2.17. The first-order valence-electron chi connectivity index (χ1n) is 2.59. The van der Waals surface area contributed by atoms with E-state index in [2.05, 4.69) is 15.9 Å². The highest BCUT2D eigenvalue weighted by atomic mass is 127. The Labute approximate surface area is 82.3 Å². The van der Waals surface area contributed by atoms with Gasteiger partial charge in [0.1, 0.15) is 28.3 Å². The number of alkyl halides is 1. The average Bonchev–Trinajstić information content (AvgIpc) is 1.87. The van der Waals surface area contributed by atoms with Gasteiger partial charge < -0.3 is 4.74 Å². The zero-order valence-corrected chi connectivity index (χ0v) is 9.43. The summed E-state index contributed by atoms with van der Waals surface area (Å²) >= 11 is 4.65. The third kappa shape index (κ3) is 4.45. The van der Waals surface area contributed by atoms with Crippen LogP contribution >= 0.6 is 38.9 Å². The lowest BCUT2D eigenvalue weighted by molar-refractivity contribution is -0.174. The molecule has 0 saturated carbocycles. The van der Waals surface area contributed by atoms with Crippen LogP contribution in [0.5, 0.6) is 0 Å². The molecule has 0 bridgehead atoms. The molecule has 0 radical (unpaired) electrons. The highest BCUT2D eigenvalue weighted by Gasteiger charge is 2.21. The number of ether oxygens (including phenoxy) is 1. The monoisotopic (exact) mass is 322 g/mol. The first-order valence-corrected chi connectivity index (χ1v) is 4.59. The standard InChI is InChI=1S/C5H8BrIO3/c1-5(2,10-7)9-4(8)3-6/h3H2,1-2H3. The van der Waals surface area contributed by atoms with E-state index in [1.54, 1.807) is 36.9 Å². The molecule has 0 aliphatic rings. The van der Waals surface area contributed by atoms with Crippen LogP contribution in [0.3, 0.4) is 0 Å². The van der Waals surface area contributed by atoms with E-state index in [9.17, 15) is 4.79 Å². The van der Waals surface area contributed by atoms with E-state index in [1.165, 1.54) is 0 Å². The topological polar surface area (TPSA) is 35.5 Å². The smallest absolute Gasteiger partial charge is 0.319 e. The second kappa shape index (κ2) is 4.50. The van der Waals surface area contributed by atoms with Crippen LogP contribution in [0.4, 0.5) is 0 Å². The van der Waals surface area contributed by atoms with E-state index >= 15 is 0 Å². The summed E-state index contributed by atoms with van der Waals surface area (Å²) in [5.74, 6) is -1.16. The highest BCUT2D eigenvalue weighted by Crippen LogP contribution is 2.15. The molecule has 0 rings (SSSR count). The fourth-order valence-electron chi connectivity index (χ4n) is 0.317. The minimum Gasteiger partial charge on any atom is -0.432 e. The van der Waals surface area contributed by atoms with Gasteiger partial charge in [-0.05, 0) is 0 Å². The molecule has 10 heavy (non-hydrogen) atoms. The van der Waals surface area contributed by atoms with Gasteiger partial charge in [-0.2, -0.15) is 0 Å². The third-order valence-electron chi connectivity index (χ3n) is 0.655. The molecule has 60 valence electrons. The molecule has 0 aromatic heterocycles. The van der Waals surface area contributed by atoms with E-state index in [4.69, 9.17) is 7.80 Å². The van der Waals surface area contributed by atoms with Crippen molar-refractivity contribution in [2.45, 2.75) is 19.6 Å². The van der Waals surface area contributed by atoms with Gasteiger partial charge in [-0.25, -0.2) is 0 Å². The fourth-order valence-corrected chi connectivity index (χ4v) is 0.522. The molecular weight excluding hydrogens is 315 g/mol. The summed E-state index contributed by atoms with van der Waals surface area (Å²) in [6, 6.07) is 0. The van der Waals surface area contributed by atoms with Crippen molar-refractivity contribution in [1.29, 1.82) is 0 Å². The molecule has 0 atom stereocenters. The minimum absolute atomic E-state index is 0.191. The van der Waals surface area contributed by atoms with Crippen molar-refractivity contribution in [3.63, 3.8) is 0 Å². The summed E-state index contributed by atoms with van der Waals surface area (Å²) in [4.78, 5) is 10.6. The number of hydrogen-bond acceptors (Lipinski definition) is 3. The predicted octanol–water partition coefficient (Wildman–Crippen LogP) is 2.03. The largest absolute Gasteiger partial charge is 0.432 e. The maximum absolute atomic E-state index is 10.6. The zero-order chi connectivity index (χ0) is 8.20. The van der Waals surface area contributed by atoms with Crippen molar-refractivity contribution in [3.05, 3.63) is 0 Å². The van der Waals surface area contributed by atoms with Gasteiger partial charge in [-0.15, -0.1) is 0 Å². The van der Waals surface area contributed by atoms with Crippen molar-refractivity contribution in [2.75, 3.05) is 5.33 Å². The summed E-state index contributed by atoms with van der Waals surface area (Å²) in [5, 5.41) is 0.191. The Morgan fingerprint density at radius 2 is 2.20 bits per heavy atom. The Bertz CT molecular complexity index is 126. The lowest BCUT2D eigenvalue weighted by atomic mass is 10.4. The zero-order valence-electron chi connectivity index (χ0n) is 5.69. The van der Waals surface area contributed by atoms with Crippen LogP contribution in [0.1, 0.15) is 13.8 Å². The lowest BCUT2D eigenvalue weighted by Gasteiger charge is -2.20. The summed E-state index contributed by atoms with van der Waals surface area (Å²) in [7, 11) is 0. The van der Waals surface area contributed by atoms with Crippen molar-refractivity contribution >= 4 is 44.9 Å². The molecule has 3 nitrogen and oxygen atoms in total. The molecule has 0 aliphatic heterocycles. The number of halogens is 2. The van der Waals surface area contributed by atoms with Gasteiger partial charge in [0.2, 0.25) is 5.79 Å². The number of carbonyl (C=O) groups is 1. The van der Waals surface area contributed by atoms with Gasteiger partial charge >= 0.3 is 5.97 Å². The molecule has 0 unspecified atom stereocenters. The molecule has 0 aliphatic carbocycles. The Balaban J connectivity index is 3.76. The number of esters is 1. The Hall–Kier alpha value is 0.640. The van der Waals surface area contributed by atoms with E-state index in [1.807, 2.05) is 0 Å². The van der Waals surface area contributed by atoms with Crippen molar-refractivity contribution in [1.82, 2.24) is 0 Å². The van der Waals surface area contributed by atoms with Crippen LogP contribution in [0.25, 0.3) is 0 Å². The van der Waals surface area contributed by atoms with Gasteiger partial charge in [0.05, 0.1) is 0 Å². The van der Waals surface area contributed by atoms with Crippen LogP contribution in [-0.2, 0) is 12.6 Å². The van der Waals surface area contributed by atoms with E-state index in [-0.39, 0.29) is 11.3 Å². The van der Waals surface area contributed by atoms with Gasteiger partial charge in [-0.3, -0.25) is 7.86 Å². The summed E-state index contributed by atoms with van der Waals surface area (Å²) in [5.41, 5.74) is 0. The summed E-state index contributed by atoms with van der Waals surface area (Å²) in [6.45, 7) is 3.33. The molecule has 0 N–H and O–H groups in total. The number of carbonyl (C=O) groups excluding carboxylic acids is 1. The van der Waals surface area contributed by atoms with Crippen molar-refractivity contribution < 1.29 is 12.6 Å².